The van der Waals surface area contributed by atoms with Gasteiger partial charge in [0, 0.05) is 11.8 Å². The van der Waals surface area contributed by atoms with Gasteiger partial charge in [0.25, 0.3) is 0 Å². The van der Waals surface area contributed by atoms with Crippen LogP contribution < -0.4 is 0 Å². The maximum absolute atomic E-state index is 13.5. The van der Waals surface area contributed by atoms with Gasteiger partial charge in [0.1, 0.15) is 48.2 Å². The van der Waals surface area contributed by atoms with Gasteiger partial charge >= 0.3 is 5.97 Å². The second kappa shape index (κ2) is 28.1. The summed E-state index contributed by atoms with van der Waals surface area (Å²) in [6.45, 7) is 3.22. The molecule has 12 heteroatoms. The summed E-state index contributed by atoms with van der Waals surface area (Å²) >= 11 is 1.50. The van der Waals surface area contributed by atoms with Crippen molar-refractivity contribution in [1.29, 1.82) is 0 Å². The summed E-state index contributed by atoms with van der Waals surface area (Å²) in [5.41, 5.74) is 5.09. The van der Waals surface area contributed by atoms with Crippen LogP contribution in [0.3, 0.4) is 0 Å². The van der Waals surface area contributed by atoms with Crippen molar-refractivity contribution >= 4 is 17.7 Å². The van der Waals surface area contributed by atoms with Gasteiger partial charge in [-0.1, -0.05) is 212 Å². The van der Waals surface area contributed by atoms with E-state index < -0.39 is 66.5 Å². The lowest BCUT2D eigenvalue weighted by molar-refractivity contribution is -0.351. The Balaban J connectivity index is 1.11. The molecule has 74 heavy (non-hydrogen) atoms. The first kappa shape index (κ1) is 52.8. The van der Waals surface area contributed by atoms with Crippen LogP contribution in [-0.4, -0.2) is 79.7 Å². The van der Waals surface area contributed by atoms with Crippen molar-refractivity contribution in [3.8, 4) is 0 Å². The Kier molecular flexibility index (Phi) is 20.0. The van der Waals surface area contributed by atoms with Crippen molar-refractivity contribution in [2.45, 2.75) is 112 Å². The number of carbonyl (C=O) groups is 1. The first-order valence-electron chi connectivity index (χ1n) is 25.2. The molecule has 2 aliphatic heterocycles. The maximum Gasteiger partial charge on any atom is 0.303 e. The molecule has 7 aromatic rings. The van der Waals surface area contributed by atoms with Crippen LogP contribution in [0, 0.1) is 0 Å². The molecule has 2 fully saturated rings. The summed E-state index contributed by atoms with van der Waals surface area (Å²) in [4.78, 5) is 14.4. The molecule has 0 unspecified atom stereocenters. The van der Waals surface area contributed by atoms with Crippen LogP contribution >= 0.6 is 11.8 Å². The molecule has 0 N–H and O–H groups in total. The average Bonchev–Trinajstić information content (AvgIpc) is 3.44. The van der Waals surface area contributed by atoms with E-state index in [1.165, 1.54) is 18.7 Å². The average molecular weight is 1020 g/mol. The predicted octanol–water partition coefficient (Wildman–Crippen LogP) is 11.3. The quantitative estimate of drug-likeness (QED) is 0.0509. The lowest BCUT2D eigenvalue weighted by Gasteiger charge is -2.50. The van der Waals surface area contributed by atoms with Crippen molar-refractivity contribution in [3.05, 3.63) is 246 Å². The number of hydrogen-bond donors (Lipinski definition) is 0. The van der Waals surface area contributed by atoms with Crippen molar-refractivity contribution in [2.24, 2.45) is 0 Å². The Labute approximate surface area is 438 Å². The van der Waals surface area contributed by atoms with E-state index in [0.29, 0.717) is 13.2 Å². The fourth-order valence-electron chi connectivity index (χ4n) is 9.06. The van der Waals surface area contributed by atoms with E-state index >= 15 is 0 Å². The minimum absolute atomic E-state index is 0.0904. The molecule has 0 spiro atoms. The van der Waals surface area contributed by atoms with Gasteiger partial charge in [-0.2, -0.15) is 0 Å². The molecule has 2 aliphatic rings. The molecule has 0 bridgehead atoms. The molecule has 0 aliphatic carbocycles. The van der Waals surface area contributed by atoms with Gasteiger partial charge in [-0.3, -0.25) is 4.79 Å². The zero-order valence-corrected chi connectivity index (χ0v) is 42.4. The Morgan fingerprint density at radius 2 is 0.716 bits per heavy atom. The van der Waals surface area contributed by atoms with Crippen LogP contribution in [-0.2, 0) is 91.8 Å². The summed E-state index contributed by atoms with van der Waals surface area (Å²) in [6.07, 6.45) is -7.97. The Hall–Kier alpha value is -6.00. The van der Waals surface area contributed by atoms with E-state index in [1.54, 1.807) is 0 Å². The van der Waals surface area contributed by atoms with E-state index in [0.717, 1.165) is 38.3 Å². The van der Waals surface area contributed by atoms with E-state index in [2.05, 4.69) is 0 Å². The molecule has 7 aromatic carbocycles. The Morgan fingerprint density at radius 1 is 0.392 bits per heavy atom. The number of esters is 1. The molecule has 384 valence electrons. The van der Waals surface area contributed by atoms with Crippen molar-refractivity contribution in [3.63, 3.8) is 0 Å². The smallest absolute Gasteiger partial charge is 0.303 e. The standard InChI is InChI=1S/C62H64O11S/c1-45(63)70-59-57(68-41-50-31-17-6-18-32-50)55(66-39-48-27-13-4-14-28-48)53(43-64-37-46-23-9-2-10-24-46)71-61(59)73-60-58(69-42-51-33-19-7-20-34-51)56(67-40-49-29-15-5-16-30-49)54(44-65-38-47-25-11-3-12-26-47)72-62(60)74-52-35-21-8-22-36-52/h2-36,53-62H,37-44H2,1H3/t53-,54-,55-,56-,57+,58+,59+,60+,61-,62-/m1/s1. The molecule has 0 amide bonds. The lowest BCUT2D eigenvalue weighted by atomic mass is 9.96. The van der Waals surface area contributed by atoms with Gasteiger partial charge in [0.05, 0.1) is 52.9 Å². The van der Waals surface area contributed by atoms with Crippen LogP contribution in [0.5, 0.6) is 0 Å². The van der Waals surface area contributed by atoms with E-state index in [1.807, 2.05) is 212 Å². The summed E-state index contributed by atoms with van der Waals surface area (Å²) in [6, 6.07) is 69.8. The third kappa shape index (κ3) is 15.5. The Bertz CT molecular complexity index is 2660. The number of rotatable bonds is 25. The summed E-state index contributed by atoms with van der Waals surface area (Å²) < 4.78 is 69.0. The highest BCUT2D eigenvalue weighted by atomic mass is 32.2. The highest BCUT2D eigenvalue weighted by Gasteiger charge is 2.55. The maximum atomic E-state index is 13.5. The third-order valence-electron chi connectivity index (χ3n) is 12.7. The molecular formula is C62H64O11S. The monoisotopic (exact) mass is 1020 g/mol. The normalized spacial score (nSPS) is 23.7. The molecule has 10 atom stereocenters. The number of hydrogen-bond acceptors (Lipinski definition) is 12. The summed E-state index contributed by atoms with van der Waals surface area (Å²) in [5, 5.41) is 0. The number of thioether (sulfide) groups is 1. The van der Waals surface area contributed by atoms with Crippen molar-refractivity contribution in [2.75, 3.05) is 13.2 Å². The minimum atomic E-state index is -1.25. The SMILES string of the molecule is CC(=O)O[C@@H]1[C@@H](O[C@H]2[C@@H](OCc3ccccc3)[C@H](OCc3ccccc3)[C@@H](COCc3ccccc3)O[C@@H]2Sc2ccccc2)O[C@H](COCc2ccccc2)[C@@H](OCc2ccccc2)[C@@H]1OCc1ccccc1. The summed E-state index contributed by atoms with van der Waals surface area (Å²) in [5.74, 6) is -0.548. The van der Waals surface area contributed by atoms with E-state index in [4.69, 9.17) is 47.4 Å². The molecule has 0 saturated carbocycles. The van der Waals surface area contributed by atoms with E-state index in [-0.39, 0.29) is 39.6 Å². The van der Waals surface area contributed by atoms with Gasteiger partial charge < -0.3 is 47.4 Å². The van der Waals surface area contributed by atoms with Gasteiger partial charge in [-0.15, -0.1) is 0 Å². The zero-order chi connectivity index (χ0) is 50.6. The van der Waals surface area contributed by atoms with Crippen LogP contribution in [0.2, 0.25) is 0 Å². The van der Waals surface area contributed by atoms with Crippen LogP contribution in [0.4, 0.5) is 0 Å². The van der Waals surface area contributed by atoms with E-state index in [9.17, 15) is 4.79 Å². The molecule has 9 rings (SSSR count). The van der Waals surface area contributed by atoms with Crippen LogP contribution in [0.15, 0.2) is 217 Å². The number of ether oxygens (including phenoxy) is 10. The fourth-order valence-corrected chi connectivity index (χ4v) is 10.2. The second-order valence-electron chi connectivity index (χ2n) is 18.2. The first-order chi connectivity index (χ1) is 36.5. The topological polar surface area (TPSA) is 109 Å². The van der Waals surface area contributed by atoms with Gasteiger partial charge in [0.15, 0.2) is 12.4 Å². The molecule has 0 radical (unpaired) electrons. The van der Waals surface area contributed by atoms with Gasteiger partial charge in [-0.05, 0) is 45.5 Å². The van der Waals surface area contributed by atoms with Crippen molar-refractivity contribution < 1.29 is 52.2 Å². The fraction of sp³-hybridized carbons (Fsp3) is 0.306. The summed E-state index contributed by atoms with van der Waals surface area (Å²) in [7, 11) is 0. The molecule has 11 nitrogen and oxygen atoms in total. The first-order valence-corrected chi connectivity index (χ1v) is 26.1. The molecule has 0 aromatic heterocycles. The Morgan fingerprint density at radius 3 is 1.09 bits per heavy atom. The molecule has 2 saturated heterocycles. The van der Waals surface area contributed by atoms with Crippen molar-refractivity contribution in [1.82, 2.24) is 0 Å². The lowest BCUT2D eigenvalue weighted by Crippen LogP contribution is -2.66. The van der Waals surface area contributed by atoms with Crippen LogP contribution in [0.1, 0.15) is 40.3 Å². The second-order valence-corrected chi connectivity index (χ2v) is 19.4. The molecular weight excluding hydrogens is 953 g/mol. The predicted molar refractivity (Wildman–Crippen MR) is 282 cm³/mol. The minimum Gasteiger partial charge on any atom is -0.454 e. The highest BCUT2D eigenvalue weighted by Crippen LogP contribution is 2.41. The van der Waals surface area contributed by atoms with Crippen LogP contribution in [0.25, 0.3) is 0 Å². The zero-order valence-electron chi connectivity index (χ0n) is 41.5. The number of benzene rings is 7. The number of carbonyl (C=O) groups excluding carboxylic acids is 1. The molecule has 2 heterocycles. The van der Waals surface area contributed by atoms with Gasteiger partial charge in [-0.25, -0.2) is 0 Å². The third-order valence-corrected chi connectivity index (χ3v) is 13.9. The largest absolute Gasteiger partial charge is 0.454 e. The van der Waals surface area contributed by atoms with Gasteiger partial charge in [0.2, 0.25) is 0 Å². The highest BCUT2D eigenvalue weighted by molar-refractivity contribution is 7.99.